The number of amides is 2. The van der Waals surface area contributed by atoms with Gasteiger partial charge in [-0.3, -0.25) is 19.8 Å². The molecular weight excluding hydrogens is 364 g/mol. The summed E-state index contributed by atoms with van der Waals surface area (Å²) < 4.78 is 4.65. The smallest absolute Gasteiger partial charge is 0.337 e. The number of methoxy groups -OCH3 is 1. The quantitative estimate of drug-likeness (QED) is 0.383. The highest BCUT2D eigenvalue weighted by Gasteiger charge is 2.34. The second kappa shape index (κ2) is 7.51. The van der Waals surface area contributed by atoms with E-state index < -0.39 is 17.8 Å². The number of hydrogen-bond acceptors (Lipinski definition) is 5. The predicted molar refractivity (Wildman–Crippen MR) is 105 cm³/mol. The van der Waals surface area contributed by atoms with Gasteiger partial charge in [0.2, 0.25) is 0 Å². The Hall–Kier alpha value is -3.32. The number of benzene rings is 2. The molecule has 0 spiro atoms. The lowest BCUT2D eigenvalue weighted by atomic mass is 10.1. The van der Waals surface area contributed by atoms with Crippen LogP contribution in [0.15, 0.2) is 54.1 Å². The molecule has 2 aromatic rings. The molecule has 2 amide bonds. The number of esters is 1. The van der Waals surface area contributed by atoms with Crippen LogP contribution in [-0.4, -0.2) is 30.0 Å². The van der Waals surface area contributed by atoms with Gasteiger partial charge in [0, 0.05) is 0 Å². The summed E-state index contributed by atoms with van der Waals surface area (Å²) in [6, 6.07) is 13.6. The van der Waals surface area contributed by atoms with E-state index in [1.807, 2.05) is 19.1 Å². The fraction of sp³-hybridized carbons (Fsp3) is 0.100. The van der Waals surface area contributed by atoms with Crippen molar-refractivity contribution >= 4 is 46.9 Å². The molecule has 3 rings (SSSR count). The van der Waals surface area contributed by atoms with Crippen LogP contribution in [0.5, 0.6) is 0 Å². The fourth-order valence-corrected chi connectivity index (χ4v) is 2.87. The van der Waals surface area contributed by atoms with Crippen LogP contribution >= 0.6 is 12.2 Å². The van der Waals surface area contributed by atoms with Crippen molar-refractivity contribution in [2.24, 2.45) is 0 Å². The summed E-state index contributed by atoms with van der Waals surface area (Å²) in [5.74, 6) is -1.54. The number of thiocarbonyl (C=S) groups is 1. The first kappa shape index (κ1) is 18.5. The first-order valence-electron chi connectivity index (χ1n) is 8.07. The molecule has 0 aliphatic carbocycles. The van der Waals surface area contributed by atoms with Gasteiger partial charge in [0.15, 0.2) is 5.11 Å². The van der Waals surface area contributed by atoms with Crippen LogP contribution in [0.3, 0.4) is 0 Å². The average molecular weight is 380 g/mol. The fourth-order valence-electron chi connectivity index (χ4n) is 2.59. The third-order valence-corrected chi connectivity index (χ3v) is 4.32. The number of hydrogen-bond donors (Lipinski definition) is 1. The summed E-state index contributed by atoms with van der Waals surface area (Å²) >= 11 is 5.17. The molecule has 0 aromatic heterocycles. The molecule has 2 aromatic carbocycles. The molecule has 0 unspecified atom stereocenters. The Morgan fingerprint density at radius 3 is 2.30 bits per heavy atom. The molecule has 1 saturated heterocycles. The molecule has 0 bridgehead atoms. The minimum absolute atomic E-state index is 0.0343. The van der Waals surface area contributed by atoms with E-state index in [4.69, 9.17) is 12.2 Å². The van der Waals surface area contributed by atoms with Crippen LogP contribution in [0.2, 0.25) is 0 Å². The summed E-state index contributed by atoms with van der Waals surface area (Å²) in [7, 11) is 1.30. The molecule has 0 atom stereocenters. The van der Waals surface area contributed by atoms with Gasteiger partial charge in [-0.1, -0.05) is 29.8 Å². The number of rotatable bonds is 3. The van der Waals surface area contributed by atoms with Gasteiger partial charge in [-0.05, 0) is 55.0 Å². The van der Waals surface area contributed by atoms with Gasteiger partial charge < -0.3 is 4.74 Å². The minimum Gasteiger partial charge on any atom is -0.465 e. The Balaban J connectivity index is 1.94. The van der Waals surface area contributed by atoms with Crippen molar-refractivity contribution in [3.63, 3.8) is 0 Å². The van der Waals surface area contributed by atoms with E-state index in [0.29, 0.717) is 16.8 Å². The van der Waals surface area contributed by atoms with Crippen molar-refractivity contribution in [3.8, 4) is 0 Å². The maximum Gasteiger partial charge on any atom is 0.337 e. The van der Waals surface area contributed by atoms with E-state index in [9.17, 15) is 14.4 Å². The summed E-state index contributed by atoms with van der Waals surface area (Å²) in [5.41, 5.74) is 2.54. The first-order valence-corrected chi connectivity index (χ1v) is 8.48. The lowest BCUT2D eigenvalue weighted by Crippen LogP contribution is -2.54. The number of carbonyl (C=O) groups excluding carboxylic acids is 3. The number of ether oxygens (including phenoxy) is 1. The monoisotopic (exact) mass is 380 g/mol. The molecule has 1 aliphatic heterocycles. The van der Waals surface area contributed by atoms with Gasteiger partial charge in [0.05, 0.1) is 18.4 Å². The van der Waals surface area contributed by atoms with Crippen molar-refractivity contribution in [2.45, 2.75) is 6.92 Å². The van der Waals surface area contributed by atoms with Crippen molar-refractivity contribution in [1.29, 1.82) is 0 Å². The number of nitrogens with one attached hydrogen (secondary N) is 1. The Morgan fingerprint density at radius 1 is 1.07 bits per heavy atom. The van der Waals surface area contributed by atoms with Gasteiger partial charge in [0.25, 0.3) is 11.8 Å². The Bertz CT molecular complexity index is 962. The second-order valence-electron chi connectivity index (χ2n) is 5.91. The van der Waals surface area contributed by atoms with Gasteiger partial charge in [-0.25, -0.2) is 4.79 Å². The Kier molecular flexibility index (Phi) is 5.14. The summed E-state index contributed by atoms with van der Waals surface area (Å²) in [6.45, 7) is 1.94. The van der Waals surface area contributed by atoms with E-state index in [-0.39, 0.29) is 10.7 Å². The maximum absolute atomic E-state index is 12.9. The topological polar surface area (TPSA) is 75.7 Å². The predicted octanol–water partition coefficient (Wildman–Crippen LogP) is 2.61. The third kappa shape index (κ3) is 3.78. The highest BCUT2D eigenvalue weighted by Crippen LogP contribution is 2.22. The van der Waals surface area contributed by atoms with E-state index >= 15 is 0 Å². The molecular formula is C20H16N2O4S. The molecule has 1 fully saturated rings. The largest absolute Gasteiger partial charge is 0.465 e. The molecule has 1 heterocycles. The highest BCUT2D eigenvalue weighted by atomic mass is 32.1. The lowest BCUT2D eigenvalue weighted by molar-refractivity contribution is -0.122. The van der Waals surface area contributed by atoms with E-state index in [2.05, 4.69) is 10.1 Å². The van der Waals surface area contributed by atoms with E-state index in [0.717, 1.165) is 5.56 Å². The zero-order valence-corrected chi connectivity index (χ0v) is 15.5. The average Bonchev–Trinajstić information content (AvgIpc) is 2.66. The molecule has 0 saturated carbocycles. The SMILES string of the molecule is COC(=O)c1ccc(/C=C2/C(=O)NC(=S)N(c3ccc(C)cc3)C2=O)cc1. The third-order valence-electron chi connectivity index (χ3n) is 4.04. The normalized spacial score (nSPS) is 15.7. The Morgan fingerprint density at radius 2 is 1.70 bits per heavy atom. The van der Waals surface area contributed by atoms with E-state index in [1.165, 1.54) is 18.1 Å². The van der Waals surface area contributed by atoms with E-state index in [1.54, 1.807) is 36.4 Å². The highest BCUT2D eigenvalue weighted by molar-refractivity contribution is 7.80. The Labute approximate surface area is 161 Å². The zero-order chi connectivity index (χ0) is 19.6. The van der Waals surface area contributed by atoms with Gasteiger partial charge in [-0.2, -0.15) is 0 Å². The molecule has 6 nitrogen and oxygen atoms in total. The van der Waals surface area contributed by atoms with Crippen LogP contribution in [0.4, 0.5) is 5.69 Å². The number of aryl methyl sites for hydroxylation is 1. The zero-order valence-electron chi connectivity index (χ0n) is 14.7. The van der Waals surface area contributed by atoms with Crippen LogP contribution in [-0.2, 0) is 14.3 Å². The number of nitrogens with zero attached hydrogens (tertiary/aromatic N) is 1. The van der Waals surface area contributed by atoms with Crippen LogP contribution in [0.1, 0.15) is 21.5 Å². The minimum atomic E-state index is -0.564. The van der Waals surface area contributed by atoms with Crippen molar-refractivity contribution in [3.05, 3.63) is 70.8 Å². The van der Waals surface area contributed by atoms with Gasteiger partial charge in [-0.15, -0.1) is 0 Å². The van der Waals surface area contributed by atoms with Gasteiger partial charge >= 0.3 is 5.97 Å². The molecule has 7 heteroatoms. The van der Waals surface area contributed by atoms with Crippen molar-refractivity contribution < 1.29 is 19.1 Å². The molecule has 1 aliphatic rings. The standard InChI is InChI=1S/C20H16N2O4S/c1-12-3-9-15(10-4-12)22-18(24)16(17(23)21-20(22)27)11-13-5-7-14(8-6-13)19(25)26-2/h3-11H,1-2H3,(H,21,23,27)/b16-11-. The number of carbonyl (C=O) groups is 3. The summed E-state index contributed by atoms with van der Waals surface area (Å²) in [4.78, 5) is 38.0. The summed E-state index contributed by atoms with van der Waals surface area (Å²) in [5, 5.41) is 2.57. The van der Waals surface area contributed by atoms with Crippen molar-refractivity contribution in [1.82, 2.24) is 5.32 Å². The van der Waals surface area contributed by atoms with Crippen molar-refractivity contribution in [2.75, 3.05) is 12.0 Å². The molecule has 0 radical (unpaired) electrons. The van der Waals surface area contributed by atoms with Crippen LogP contribution < -0.4 is 10.2 Å². The maximum atomic E-state index is 12.9. The lowest BCUT2D eigenvalue weighted by Gasteiger charge is -2.29. The number of anilines is 1. The summed E-state index contributed by atoms with van der Waals surface area (Å²) in [6.07, 6.45) is 1.46. The second-order valence-corrected chi connectivity index (χ2v) is 6.29. The molecule has 136 valence electrons. The first-order chi connectivity index (χ1) is 12.9. The van der Waals surface area contributed by atoms with Crippen LogP contribution in [0, 0.1) is 6.92 Å². The molecule has 1 N–H and O–H groups in total. The van der Waals surface area contributed by atoms with Crippen LogP contribution in [0.25, 0.3) is 6.08 Å². The molecule has 27 heavy (non-hydrogen) atoms. The van der Waals surface area contributed by atoms with Gasteiger partial charge in [0.1, 0.15) is 5.57 Å².